The van der Waals surface area contributed by atoms with Crippen LogP contribution in [0.5, 0.6) is 0 Å². The van der Waals surface area contributed by atoms with Crippen molar-refractivity contribution in [3.05, 3.63) is 35.4 Å². The first kappa shape index (κ1) is 9.09. The Bertz CT molecular complexity index is 374. The van der Waals surface area contributed by atoms with Crippen molar-refractivity contribution in [3.63, 3.8) is 0 Å². The number of hydrogen-bond donors (Lipinski definition) is 0. The number of rotatable bonds is 0. The number of aryl methyl sites for hydroxylation is 1. The first-order chi connectivity index (χ1) is 6.27. The van der Waals surface area contributed by atoms with E-state index in [9.17, 15) is 8.42 Å². The van der Waals surface area contributed by atoms with Crippen molar-refractivity contribution in [2.45, 2.75) is 12.2 Å². The van der Waals surface area contributed by atoms with Crippen LogP contribution in [0.1, 0.15) is 11.1 Å². The average molecular weight is 214 g/mol. The van der Waals surface area contributed by atoms with E-state index in [4.69, 9.17) is 0 Å². The summed E-state index contributed by atoms with van der Waals surface area (Å²) in [6.07, 6.45) is 0.786. The second-order valence-electron chi connectivity index (χ2n) is 2.97. The van der Waals surface area contributed by atoms with Crippen molar-refractivity contribution in [2.75, 3.05) is 5.75 Å². The lowest BCUT2D eigenvalue weighted by Crippen LogP contribution is -2.03. The van der Waals surface area contributed by atoms with Crippen LogP contribution < -0.4 is 0 Å². The van der Waals surface area contributed by atoms with Gasteiger partial charge in [-0.05, 0) is 17.5 Å². The molecule has 0 saturated heterocycles. The molecule has 0 N–H and O–H groups in total. The third kappa shape index (κ3) is 1.89. The molecule has 0 aliphatic carbocycles. The number of fused-ring (bicyclic) bond motifs is 1. The second-order valence-corrected chi connectivity index (χ2v) is 7.12. The van der Waals surface area contributed by atoms with Gasteiger partial charge in [-0.2, -0.15) is 0 Å². The normalized spacial score (nSPS) is 27.7. The summed E-state index contributed by atoms with van der Waals surface area (Å²) in [5.74, 6) is 0.979. The fourth-order valence-corrected chi connectivity index (χ4v) is 4.24. The van der Waals surface area contributed by atoms with Gasteiger partial charge in [0.2, 0.25) is 0 Å². The molecule has 2 atom stereocenters. The predicted molar refractivity (Wildman–Crippen MR) is 55.0 cm³/mol. The fraction of sp³-hybridized carbons (Fsp3) is 0.333. The molecule has 1 aliphatic heterocycles. The Kier molecular flexibility index (Phi) is 2.60. The molecule has 13 heavy (non-hydrogen) atoms. The van der Waals surface area contributed by atoms with E-state index in [1.807, 2.05) is 24.3 Å². The minimum absolute atomic E-state index is 0.447. The first-order valence-electron chi connectivity index (χ1n) is 4.11. The van der Waals surface area contributed by atoms with Crippen molar-refractivity contribution in [3.8, 4) is 0 Å². The molecule has 0 amide bonds. The molecule has 70 valence electrons. The van der Waals surface area contributed by atoms with Crippen molar-refractivity contribution >= 4 is 19.7 Å². The van der Waals surface area contributed by atoms with Crippen molar-refractivity contribution in [2.24, 2.45) is 0 Å². The summed E-state index contributed by atoms with van der Waals surface area (Å²) in [5, 5.41) is 0. The third-order valence-corrected chi connectivity index (χ3v) is 5.73. The SMILES string of the molecule is O=S1CCc2ccccc2CS1=O. The minimum Gasteiger partial charge on any atom is -0.245 e. The molecule has 0 aromatic heterocycles. The van der Waals surface area contributed by atoms with Gasteiger partial charge in [-0.15, -0.1) is 0 Å². The Labute approximate surface area is 81.7 Å². The van der Waals surface area contributed by atoms with Gasteiger partial charge in [0.1, 0.15) is 19.7 Å². The second kappa shape index (κ2) is 3.72. The van der Waals surface area contributed by atoms with Gasteiger partial charge in [0.15, 0.2) is 0 Å². The molecule has 0 radical (unpaired) electrons. The lowest BCUT2D eigenvalue weighted by molar-refractivity contribution is 0.677. The summed E-state index contributed by atoms with van der Waals surface area (Å²) in [6.45, 7) is 0. The van der Waals surface area contributed by atoms with Gasteiger partial charge in [-0.1, -0.05) is 24.3 Å². The highest BCUT2D eigenvalue weighted by Crippen LogP contribution is 2.17. The zero-order chi connectivity index (χ0) is 9.26. The quantitative estimate of drug-likeness (QED) is 0.607. The van der Waals surface area contributed by atoms with Crippen LogP contribution >= 0.6 is 0 Å². The zero-order valence-corrected chi connectivity index (χ0v) is 8.70. The summed E-state index contributed by atoms with van der Waals surface area (Å²) < 4.78 is 22.7. The lowest BCUT2D eigenvalue weighted by atomic mass is 10.1. The van der Waals surface area contributed by atoms with Gasteiger partial charge < -0.3 is 0 Å². The van der Waals surface area contributed by atoms with Crippen molar-refractivity contribution in [1.82, 2.24) is 0 Å². The van der Waals surface area contributed by atoms with E-state index in [0.717, 1.165) is 12.0 Å². The Morgan fingerprint density at radius 3 is 2.46 bits per heavy atom. The van der Waals surface area contributed by atoms with Gasteiger partial charge >= 0.3 is 0 Å². The molecule has 0 saturated carbocycles. The Hall–Kier alpha value is -0.480. The molecule has 2 unspecified atom stereocenters. The van der Waals surface area contributed by atoms with E-state index in [-0.39, 0.29) is 0 Å². The van der Waals surface area contributed by atoms with Crippen LogP contribution in [0.3, 0.4) is 0 Å². The molecule has 4 heteroatoms. The van der Waals surface area contributed by atoms with Crippen LogP contribution in [0.2, 0.25) is 0 Å². The number of benzene rings is 1. The van der Waals surface area contributed by atoms with E-state index in [1.165, 1.54) is 5.56 Å². The minimum atomic E-state index is -1.19. The highest BCUT2D eigenvalue weighted by Gasteiger charge is 2.17. The van der Waals surface area contributed by atoms with E-state index in [2.05, 4.69) is 0 Å². The highest BCUT2D eigenvalue weighted by atomic mass is 33.1. The third-order valence-electron chi connectivity index (χ3n) is 2.14. The molecule has 2 nitrogen and oxygen atoms in total. The summed E-state index contributed by atoms with van der Waals surface area (Å²) in [4.78, 5) is 0. The van der Waals surface area contributed by atoms with Crippen molar-refractivity contribution in [1.29, 1.82) is 0 Å². The Morgan fingerprint density at radius 1 is 1.00 bits per heavy atom. The molecule has 0 bridgehead atoms. The molecule has 1 aromatic carbocycles. The van der Waals surface area contributed by atoms with Crippen LogP contribution in [0.15, 0.2) is 24.3 Å². The molecule has 0 spiro atoms. The van der Waals surface area contributed by atoms with Crippen LogP contribution in [0, 0.1) is 0 Å². The van der Waals surface area contributed by atoms with Crippen LogP contribution in [0.25, 0.3) is 0 Å². The van der Waals surface area contributed by atoms with Crippen LogP contribution in [-0.4, -0.2) is 14.2 Å². The Morgan fingerprint density at radius 2 is 1.69 bits per heavy atom. The van der Waals surface area contributed by atoms with E-state index in [0.29, 0.717) is 11.5 Å². The monoisotopic (exact) mass is 214 g/mol. The molecule has 1 heterocycles. The molecule has 0 fully saturated rings. The Balaban J connectivity index is 2.40. The first-order valence-corrected chi connectivity index (χ1v) is 7.27. The lowest BCUT2D eigenvalue weighted by Gasteiger charge is -2.01. The van der Waals surface area contributed by atoms with Gasteiger partial charge in [0.25, 0.3) is 0 Å². The van der Waals surface area contributed by atoms with E-state index >= 15 is 0 Å². The van der Waals surface area contributed by atoms with E-state index in [1.54, 1.807) is 0 Å². The maximum absolute atomic E-state index is 11.4. The topological polar surface area (TPSA) is 34.1 Å². The van der Waals surface area contributed by atoms with Crippen molar-refractivity contribution < 1.29 is 8.42 Å². The maximum Gasteiger partial charge on any atom is 0.115 e. The van der Waals surface area contributed by atoms with E-state index < -0.39 is 19.7 Å². The van der Waals surface area contributed by atoms with Gasteiger partial charge in [-0.3, -0.25) is 0 Å². The fourth-order valence-electron chi connectivity index (χ4n) is 1.42. The molecular weight excluding hydrogens is 204 g/mol. The predicted octanol–water partition coefficient (Wildman–Crippen LogP) is 1.16. The summed E-state index contributed by atoms with van der Waals surface area (Å²) in [7, 11) is -2.35. The van der Waals surface area contributed by atoms with Gasteiger partial charge in [-0.25, -0.2) is 8.42 Å². The molecule has 1 aliphatic rings. The molecular formula is C9H10O2S2. The van der Waals surface area contributed by atoms with Crippen LogP contribution in [-0.2, 0) is 31.8 Å². The number of hydrogen-bond acceptors (Lipinski definition) is 2. The summed E-state index contributed by atoms with van der Waals surface area (Å²) in [6, 6.07) is 7.89. The molecule has 2 rings (SSSR count). The average Bonchev–Trinajstić information content (AvgIpc) is 2.28. The standard InChI is InChI=1S/C9H10O2S2/c10-12-6-5-8-3-1-2-4-9(8)7-13(12)11/h1-4H,5-7H2. The molecule has 1 aromatic rings. The zero-order valence-electron chi connectivity index (χ0n) is 7.06. The maximum atomic E-state index is 11.4. The highest BCUT2D eigenvalue weighted by molar-refractivity contribution is 8.60. The summed E-state index contributed by atoms with van der Waals surface area (Å²) in [5.41, 5.74) is 2.29. The largest absolute Gasteiger partial charge is 0.245 e. The smallest absolute Gasteiger partial charge is 0.115 e. The van der Waals surface area contributed by atoms with Gasteiger partial charge in [0.05, 0.1) is 5.75 Å². The summed E-state index contributed by atoms with van der Waals surface area (Å²) >= 11 is 0. The van der Waals surface area contributed by atoms with Crippen LogP contribution in [0.4, 0.5) is 0 Å². The van der Waals surface area contributed by atoms with Gasteiger partial charge in [0, 0.05) is 5.75 Å².